The Morgan fingerprint density at radius 2 is 2.21 bits per heavy atom. The molecule has 1 aromatic heterocycles. The molecule has 0 aliphatic rings. The van der Waals surface area contributed by atoms with Gasteiger partial charge in [-0.2, -0.15) is 0 Å². The normalized spacial score (nSPS) is 13.3. The molecule has 1 aromatic carbocycles. The summed E-state index contributed by atoms with van der Waals surface area (Å²) in [6, 6.07) is 8.51. The molecular formula is C12H16N2. The Bertz CT molecular complexity index is 417. The number of nitrogens with one attached hydrogen (secondary N) is 1. The van der Waals surface area contributed by atoms with Gasteiger partial charge in [0.25, 0.3) is 0 Å². The molecule has 2 nitrogen and oxygen atoms in total. The molecule has 0 saturated carbocycles. The zero-order valence-corrected chi connectivity index (χ0v) is 8.46. The molecular weight excluding hydrogens is 172 g/mol. The summed E-state index contributed by atoms with van der Waals surface area (Å²) in [7, 11) is 0. The van der Waals surface area contributed by atoms with E-state index in [9.17, 15) is 0 Å². The quantitative estimate of drug-likeness (QED) is 0.762. The van der Waals surface area contributed by atoms with Gasteiger partial charge in [-0.3, -0.25) is 0 Å². The predicted molar refractivity (Wildman–Crippen MR) is 60.2 cm³/mol. The maximum absolute atomic E-state index is 5.63. The van der Waals surface area contributed by atoms with E-state index in [1.54, 1.807) is 0 Å². The highest BCUT2D eigenvalue weighted by molar-refractivity contribution is 5.82. The number of aromatic nitrogens is 1. The van der Waals surface area contributed by atoms with Crippen molar-refractivity contribution in [1.29, 1.82) is 0 Å². The summed E-state index contributed by atoms with van der Waals surface area (Å²) >= 11 is 0. The Kier molecular flexibility index (Phi) is 2.55. The summed E-state index contributed by atoms with van der Waals surface area (Å²) in [5.74, 6) is 0.551. The number of benzene rings is 1. The topological polar surface area (TPSA) is 41.8 Å². The van der Waals surface area contributed by atoms with Gasteiger partial charge in [0.05, 0.1) is 0 Å². The minimum Gasteiger partial charge on any atom is -0.361 e. The van der Waals surface area contributed by atoms with Crippen LogP contribution in [-0.2, 0) is 6.42 Å². The fourth-order valence-corrected chi connectivity index (χ4v) is 1.79. The fourth-order valence-electron chi connectivity index (χ4n) is 1.79. The van der Waals surface area contributed by atoms with E-state index >= 15 is 0 Å². The SMILES string of the molecule is CC(CN)Cc1cccc2[nH]ccc12. The summed E-state index contributed by atoms with van der Waals surface area (Å²) < 4.78 is 0. The average Bonchev–Trinajstić information content (AvgIpc) is 2.66. The van der Waals surface area contributed by atoms with E-state index in [1.807, 2.05) is 6.20 Å². The molecule has 0 fully saturated rings. The van der Waals surface area contributed by atoms with Gasteiger partial charge < -0.3 is 10.7 Å². The minimum absolute atomic E-state index is 0.551. The average molecular weight is 188 g/mol. The smallest absolute Gasteiger partial charge is 0.0456 e. The van der Waals surface area contributed by atoms with Crippen molar-refractivity contribution in [1.82, 2.24) is 4.98 Å². The number of H-pyrrole nitrogens is 1. The van der Waals surface area contributed by atoms with E-state index < -0.39 is 0 Å². The molecule has 0 bridgehead atoms. The van der Waals surface area contributed by atoms with Crippen molar-refractivity contribution >= 4 is 10.9 Å². The fraction of sp³-hybridized carbons (Fsp3) is 0.333. The van der Waals surface area contributed by atoms with Crippen LogP contribution in [0.4, 0.5) is 0 Å². The molecule has 0 aliphatic heterocycles. The Hall–Kier alpha value is -1.28. The van der Waals surface area contributed by atoms with Crippen LogP contribution in [0.15, 0.2) is 30.5 Å². The maximum atomic E-state index is 5.63. The summed E-state index contributed by atoms with van der Waals surface area (Å²) in [5, 5.41) is 1.33. The van der Waals surface area contributed by atoms with Crippen molar-refractivity contribution in [3.63, 3.8) is 0 Å². The molecule has 14 heavy (non-hydrogen) atoms. The van der Waals surface area contributed by atoms with Crippen molar-refractivity contribution in [2.45, 2.75) is 13.3 Å². The molecule has 1 atom stereocenters. The standard InChI is InChI=1S/C12H16N2/c1-9(8-13)7-10-3-2-4-12-11(10)5-6-14-12/h2-6,9,14H,7-8,13H2,1H3. The number of nitrogens with two attached hydrogens (primary N) is 1. The van der Waals surface area contributed by atoms with Gasteiger partial charge in [0.1, 0.15) is 0 Å². The van der Waals surface area contributed by atoms with E-state index in [4.69, 9.17) is 5.73 Å². The van der Waals surface area contributed by atoms with Gasteiger partial charge in [-0.1, -0.05) is 19.1 Å². The molecule has 0 amide bonds. The molecule has 2 aromatic rings. The molecule has 1 unspecified atom stereocenters. The summed E-state index contributed by atoms with van der Waals surface area (Å²) in [6.45, 7) is 2.94. The van der Waals surface area contributed by atoms with Gasteiger partial charge >= 0.3 is 0 Å². The number of hydrogen-bond acceptors (Lipinski definition) is 1. The van der Waals surface area contributed by atoms with Gasteiger partial charge in [-0.05, 0) is 36.6 Å². The van der Waals surface area contributed by atoms with Crippen LogP contribution in [0.5, 0.6) is 0 Å². The van der Waals surface area contributed by atoms with Crippen LogP contribution in [0.1, 0.15) is 12.5 Å². The first-order valence-electron chi connectivity index (χ1n) is 5.06. The van der Waals surface area contributed by atoms with E-state index in [2.05, 4.69) is 36.2 Å². The first-order chi connectivity index (χ1) is 6.81. The highest BCUT2D eigenvalue weighted by Crippen LogP contribution is 2.19. The highest BCUT2D eigenvalue weighted by atomic mass is 14.7. The monoisotopic (exact) mass is 188 g/mol. The predicted octanol–water partition coefficient (Wildman–Crippen LogP) is 2.31. The number of hydrogen-bond donors (Lipinski definition) is 2. The van der Waals surface area contributed by atoms with E-state index in [1.165, 1.54) is 16.5 Å². The molecule has 0 saturated heterocycles. The third-order valence-electron chi connectivity index (χ3n) is 2.66. The second-order valence-corrected chi connectivity index (χ2v) is 3.90. The first-order valence-corrected chi connectivity index (χ1v) is 5.06. The second-order valence-electron chi connectivity index (χ2n) is 3.90. The highest BCUT2D eigenvalue weighted by Gasteiger charge is 2.05. The lowest BCUT2D eigenvalue weighted by atomic mass is 9.98. The van der Waals surface area contributed by atoms with Crippen LogP contribution in [0.25, 0.3) is 10.9 Å². The van der Waals surface area contributed by atoms with E-state index in [0.29, 0.717) is 5.92 Å². The molecule has 2 heteroatoms. The van der Waals surface area contributed by atoms with Gasteiger partial charge in [0.15, 0.2) is 0 Å². The Labute approximate surface area is 84.1 Å². The maximum Gasteiger partial charge on any atom is 0.0456 e. The molecule has 74 valence electrons. The zero-order valence-electron chi connectivity index (χ0n) is 8.46. The molecule has 0 aliphatic carbocycles. The van der Waals surface area contributed by atoms with Crippen molar-refractivity contribution in [3.8, 4) is 0 Å². The lowest BCUT2D eigenvalue weighted by Crippen LogP contribution is -2.13. The molecule has 0 spiro atoms. The molecule has 3 N–H and O–H groups in total. The lowest BCUT2D eigenvalue weighted by molar-refractivity contribution is 0.595. The van der Waals surface area contributed by atoms with Crippen LogP contribution < -0.4 is 5.73 Å². The van der Waals surface area contributed by atoms with E-state index in [0.717, 1.165) is 13.0 Å². The van der Waals surface area contributed by atoms with Crippen molar-refractivity contribution in [3.05, 3.63) is 36.0 Å². The van der Waals surface area contributed by atoms with Crippen molar-refractivity contribution in [2.24, 2.45) is 11.7 Å². The zero-order chi connectivity index (χ0) is 9.97. The number of aromatic amines is 1. The van der Waals surface area contributed by atoms with Crippen molar-refractivity contribution in [2.75, 3.05) is 6.54 Å². The lowest BCUT2D eigenvalue weighted by Gasteiger charge is -2.09. The minimum atomic E-state index is 0.551. The summed E-state index contributed by atoms with van der Waals surface area (Å²) in [5.41, 5.74) is 8.24. The summed E-state index contributed by atoms with van der Waals surface area (Å²) in [4.78, 5) is 3.22. The molecule has 2 rings (SSSR count). The first kappa shape index (κ1) is 9.28. The Morgan fingerprint density at radius 3 is 3.00 bits per heavy atom. The second kappa shape index (κ2) is 3.84. The van der Waals surface area contributed by atoms with Gasteiger partial charge in [0.2, 0.25) is 0 Å². The van der Waals surface area contributed by atoms with Crippen LogP contribution in [0, 0.1) is 5.92 Å². The third kappa shape index (κ3) is 1.66. The number of fused-ring (bicyclic) bond motifs is 1. The largest absolute Gasteiger partial charge is 0.361 e. The van der Waals surface area contributed by atoms with Gasteiger partial charge in [-0.15, -0.1) is 0 Å². The molecule has 0 radical (unpaired) electrons. The Balaban J connectivity index is 2.36. The summed E-state index contributed by atoms with van der Waals surface area (Å²) in [6.07, 6.45) is 3.05. The Morgan fingerprint density at radius 1 is 1.36 bits per heavy atom. The van der Waals surface area contributed by atoms with Gasteiger partial charge in [-0.25, -0.2) is 0 Å². The van der Waals surface area contributed by atoms with Crippen LogP contribution in [0.2, 0.25) is 0 Å². The number of rotatable bonds is 3. The van der Waals surface area contributed by atoms with Gasteiger partial charge in [0, 0.05) is 17.1 Å². The third-order valence-corrected chi connectivity index (χ3v) is 2.66. The van der Waals surface area contributed by atoms with Crippen LogP contribution >= 0.6 is 0 Å². The van der Waals surface area contributed by atoms with Crippen molar-refractivity contribution < 1.29 is 0 Å². The molecule has 1 heterocycles. The van der Waals surface area contributed by atoms with Crippen LogP contribution in [-0.4, -0.2) is 11.5 Å². The van der Waals surface area contributed by atoms with Crippen LogP contribution in [0.3, 0.4) is 0 Å². The van der Waals surface area contributed by atoms with E-state index in [-0.39, 0.29) is 0 Å².